The summed E-state index contributed by atoms with van der Waals surface area (Å²) in [6.07, 6.45) is 2.54. The number of amides is 1. The van der Waals surface area contributed by atoms with Crippen molar-refractivity contribution in [3.63, 3.8) is 0 Å². The lowest BCUT2D eigenvalue weighted by molar-refractivity contribution is -0.114. The first-order chi connectivity index (χ1) is 12.2. The molecule has 4 nitrogen and oxygen atoms in total. The predicted octanol–water partition coefficient (Wildman–Crippen LogP) is 3.37. The zero-order valence-electron chi connectivity index (χ0n) is 12.9. The average Bonchev–Trinajstić information content (AvgIpc) is 2.52. The molecule has 0 heterocycles. The van der Waals surface area contributed by atoms with Crippen molar-refractivity contribution in [3.05, 3.63) is 82.3 Å². The monoisotopic (exact) mass is 385 g/mol. The third-order valence-corrected chi connectivity index (χ3v) is 3.99. The van der Waals surface area contributed by atoms with Crippen LogP contribution in [0.25, 0.3) is 12.2 Å². The highest BCUT2D eigenvalue weighted by molar-refractivity contribution is 7.93. The Morgan fingerprint density at radius 3 is 1.85 bits per heavy atom. The Balaban J connectivity index is 2.07. The van der Waals surface area contributed by atoms with E-state index < -0.39 is 39.2 Å². The van der Waals surface area contributed by atoms with Gasteiger partial charge < -0.3 is 0 Å². The normalized spacial score (nSPS) is 12.0. The third-order valence-electron chi connectivity index (χ3n) is 3.01. The van der Waals surface area contributed by atoms with Crippen molar-refractivity contribution < 1.29 is 30.8 Å². The van der Waals surface area contributed by atoms with Crippen LogP contribution in [-0.2, 0) is 14.8 Å². The lowest BCUT2D eigenvalue weighted by atomic mass is 10.2. The highest BCUT2D eigenvalue weighted by Gasteiger charge is 2.10. The molecular weight excluding hydrogens is 374 g/mol. The molecule has 9 heteroatoms. The van der Waals surface area contributed by atoms with Crippen molar-refractivity contribution in [2.75, 3.05) is 0 Å². The number of carbonyl (C=O) groups is 1. The Hall–Kier alpha value is -2.94. The van der Waals surface area contributed by atoms with Gasteiger partial charge in [0.25, 0.3) is 15.9 Å². The molecule has 0 aromatic heterocycles. The van der Waals surface area contributed by atoms with E-state index in [1.807, 2.05) is 0 Å². The highest BCUT2D eigenvalue weighted by Crippen LogP contribution is 2.12. The number of rotatable bonds is 5. The largest absolute Gasteiger partial charge is 0.269 e. The lowest BCUT2D eigenvalue weighted by Crippen LogP contribution is -2.26. The van der Waals surface area contributed by atoms with Crippen molar-refractivity contribution in [2.45, 2.75) is 0 Å². The maximum absolute atomic E-state index is 13.4. The van der Waals surface area contributed by atoms with Gasteiger partial charge in [-0.2, -0.15) is 0 Å². The molecule has 0 unspecified atom stereocenters. The van der Waals surface area contributed by atoms with Crippen LogP contribution in [0.2, 0.25) is 0 Å². The van der Waals surface area contributed by atoms with Gasteiger partial charge in [-0.05, 0) is 36.4 Å². The fourth-order valence-corrected chi connectivity index (χ4v) is 2.55. The van der Waals surface area contributed by atoms with Crippen LogP contribution in [0.5, 0.6) is 0 Å². The van der Waals surface area contributed by atoms with E-state index in [-0.39, 0.29) is 11.1 Å². The predicted molar refractivity (Wildman–Crippen MR) is 87.8 cm³/mol. The molecule has 136 valence electrons. The van der Waals surface area contributed by atoms with Gasteiger partial charge in [0.2, 0.25) is 0 Å². The van der Waals surface area contributed by atoms with Crippen LogP contribution in [-0.4, -0.2) is 14.3 Å². The van der Waals surface area contributed by atoms with Crippen LogP contribution in [0.1, 0.15) is 11.1 Å². The number of sulfonamides is 1. The van der Waals surface area contributed by atoms with Crippen LogP contribution in [0, 0.1) is 23.3 Å². The summed E-state index contributed by atoms with van der Waals surface area (Å²) in [5.41, 5.74) is -0.323. The molecule has 0 saturated heterocycles. The molecule has 0 bridgehead atoms. The van der Waals surface area contributed by atoms with E-state index in [9.17, 15) is 30.8 Å². The first-order valence-electron chi connectivity index (χ1n) is 6.99. The molecule has 1 N–H and O–H groups in total. The van der Waals surface area contributed by atoms with Crippen LogP contribution in [0.4, 0.5) is 17.6 Å². The SMILES string of the molecule is O=C(/C=C/c1ccc(F)cc1F)NS(=O)(=O)/C=C/c1ccc(F)cc1F. The second-order valence-electron chi connectivity index (χ2n) is 4.98. The van der Waals surface area contributed by atoms with E-state index in [0.29, 0.717) is 17.5 Å². The fourth-order valence-electron chi connectivity index (χ4n) is 1.81. The molecule has 26 heavy (non-hydrogen) atoms. The molecule has 2 rings (SSSR count). The maximum Gasteiger partial charge on any atom is 0.257 e. The van der Waals surface area contributed by atoms with Crippen molar-refractivity contribution >= 4 is 28.1 Å². The van der Waals surface area contributed by atoms with Gasteiger partial charge in [0.15, 0.2) is 0 Å². The summed E-state index contributed by atoms with van der Waals surface area (Å²) in [7, 11) is -4.27. The zero-order chi connectivity index (χ0) is 19.3. The minimum atomic E-state index is -4.27. The van der Waals surface area contributed by atoms with Gasteiger partial charge in [0.05, 0.1) is 5.41 Å². The highest BCUT2D eigenvalue weighted by atomic mass is 32.2. The molecule has 2 aromatic rings. The smallest absolute Gasteiger partial charge is 0.257 e. The molecule has 0 spiro atoms. The van der Waals surface area contributed by atoms with Gasteiger partial charge >= 0.3 is 0 Å². The average molecular weight is 385 g/mol. The van der Waals surface area contributed by atoms with E-state index in [2.05, 4.69) is 0 Å². The van der Waals surface area contributed by atoms with Crippen molar-refractivity contribution in [1.29, 1.82) is 0 Å². The molecule has 0 aliphatic rings. The van der Waals surface area contributed by atoms with Crippen molar-refractivity contribution in [2.24, 2.45) is 0 Å². The lowest BCUT2D eigenvalue weighted by Gasteiger charge is -2.01. The molecule has 0 aliphatic heterocycles. The second kappa shape index (κ2) is 7.96. The Kier molecular flexibility index (Phi) is 5.93. The van der Waals surface area contributed by atoms with Crippen LogP contribution in [0.3, 0.4) is 0 Å². The van der Waals surface area contributed by atoms with Crippen LogP contribution < -0.4 is 4.72 Å². The molecule has 0 atom stereocenters. The van der Waals surface area contributed by atoms with Gasteiger partial charge in [-0.25, -0.2) is 30.7 Å². The summed E-state index contributed by atoms with van der Waals surface area (Å²) in [4.78, 5) is 11.6. The summed E-state index contributed by atoms with van der Waals surface area (Å²) in [5.74, 6) is -4.63. The third kappa shape index (κ3) is 5.55. The summed E-state index contributed by atoms with van der Waals surface area (Å²) in [6, 6.07) is 5.18. The summed E-state index contributed by atoms with van der Waals surface area (Å²) < 4.78 is 77.5. The summed E-state index contributed by atoms with van der Waals surface area (Å²) in [6.45, 7) is 0. The molecule has 0 saturated carbocycles. The number of halogens is 4. The first-order valence-corrected chi connectivity index (χ1v) is 8.54. The number of hydrogen-bond donors (Lipinski definition) is 1. The number of hydrogen-bond acceptors (Lipinski definition) is 3. The number of nitrogens with one attached hydrogen (secondary N) is 1. The van der Waals surface area contributed by atoms with E-state index in [1.54, 1.807) is 4.72 Å². The molecule has 0 fully saturated rings. The second-order valence-corrected chi connectivity index (χ2v) is 6.55. The minimum absolute atomic E-state index is 0.122. The molecule has 0 aliphatic carbocycles. The Labute approximate surface area is 146 Å². The summed E-state index contributed by atoms with van der Waals surface area (Å²) in [5, 5.41) is 0.521. The zero-order valence-corrected chi connectivity index (χ0v) is 13.7. The molecule has 1 amide bonds. The number of benzene rings is 2. The van der Waals surface area contributed by atoms with Gasteiger partial charge in [-0.1, -0.05) is 0 Å². The van der Waals surface area contributed by atoms with Crippen LogP contribution in [0.15, 0.2) is 47.9 Å². The quantitative estimate of drug-likeness (QED) is 0.634. The van der Waals surface area contributed by atoms with Gasteiger partial charge in [-0.15, -0.1) is 0 Å². The molecular formula is C17H11F4NO3S. The van der Waals surface area contributed by atoms with Crippen molar-refractivity contribution in [1.82, 2.24) is 4.72 Å². The van der Waals surface area contributed by atoms with Gasteiger partial charge in [-0.3, -0.25) is 4.79 Å². The summed E-state index contributed by atoms with van der Waals surface area (Å²) >= 11 is 0. The molecule has 2 aromatic carbocycles. The van der Waals surface area contributed by atoms with Crippen LogP contribution >= 0.6 is 0 Å². The molecule has 0 radical (unpaired) electrons. The van der Waals surface area contributed by atoms with E-state index in [1.165, 1.54) is 0 Å². The standard InChI is InChI=1S/C17H11F4NO3S/c18-13-4-1-11(15(20)9-13)3-6-17(23)22-26(24,25)8-7-12-2-5-14(19)10-16(12)21/h1-10H,(H,22,23)/b6-3+,8-7+. The Bertz CT molecular complexity index is 1000. The van der Waals surface area contributed by atoms with Gasteiger partial charge in [0, 0.05) is 29.3 Å². The number of carbonyl (C=O) groups excluding carboxylic acids is 1. The Morgan fingerprint density at radius 1 is 0.846 bits per heavy atom. The fraction of sp³-hybridized carbons (Fsp3) is 0. The first kappa shape index (κ1) is 19.4. The maximum atomic E-state index is 13.4. The van der Waals surface area contributed by atoms with Crippen molar-refractivity contribution in [3.8, 4) is 0 Å². The van der Waals surface area contributed by atoms with E-state index in [0.717, 1.165) is 42.5 Å². The topological polar surface area (TPSA) is 63.2 Å². The van der Waals surface area contributed by atoms with Gasteiger partial charge in [0.1, 0.15) is 23.3 Å². The minimum Gasteiger partial charge on any atom is -0.269 e. The van der Waals surface area contributed by atoms with E-state index in [4.69, 9.17) is 0 Å². The Morgan fingerprint density at radius 2 is 1.35 bits per heavy atom. The van der Waals surface area contributed by atoms with E-state index >= 15 is 0 Å².